The normalized spacial score (nSPS) is 13.0. The van der Waals surface area contributed by atoms with Gasteiger partial charge in [-0.15, -0.1) is 0 Å². The molecule has 0 aromatic rings. The highest BCUT2D eigenvalue weighted by Crippen LogP contribution is 2.17. The van der Waals surface area contributed by atoms with Crippen molar-refractivity contribution >= 4 is 0 Å². The molecule has 1 atom stereocenters. The second-order valence-electron chi connectivity index (χ2n) is 4.85. The van der Waals surface area contributed by atoms with Crippen molar-refractivity contribution in [3.05, 3.63) is 0 Å². The molecule has 0 saturated carbocycles. The maximum atomic E-state index is 11.8. The Morgan fingerprint density at radius 1 is 0.800 bits per heavy atom. The van der Waals surface area contributed by atoms with Crippen LogP contribution in [0.15, 0.2) is 0 Å². The summed E-state index contributed by atoms with van der Waals surface area (Å²) in [5.74, 6) is 0.882. The van der Waals surface area contributed by atoms with Gasteiger partial charge in [0.1, 0.15) is 0 Å². The van der Waals surface area contributed by atoms with Crippen molar-refractivity contribution in [3.63, 3.8) is 0 Å². The fourth-order valence-electron chi connectivity index (χ4n) is 2.00. The number of hydrogen-bond donors (Lipinski definition) is 0. The van der Waals surface area contributed by atoms with E-state index >= 15 is 0 Å². The average Bonchev–Trinajstić information content (AvgIpc) is 2.24. The van der Waals surface area contributed by atoms with Gasteiger partial charge < -0.3 is 0 Å². The molecule has 15 heavy (non-hydrogen) atoms. The van der Waals surface area contributed by atoms with Gasteiger partial charge in [-0.1, -0.05) is 71.6 Å². The van der Waals surface area contributed by atoms with Crippen molar-refractivity contribution in [2.75, 3.05) is 6.67 Å². The van der Waals surface area contributed by atoms with Crippen LogP contribution < -0.4 is 0 Å². The first kappa shape index (κ1) is 14.9. The Morgan fingerprint density at radius 3 is 1.87 bits per heavy atom. The smallest absolute Gasteiger partial charge is 0.0894 e. The zero-order valence-corrected chi connectivity index (χ0v) is 10.7. The molecule has 0 rings (SSSR count). The first-order chi connectivity index (χ1) is 7.31. The molecule has 92 valence electrons. The van der Waals surface area contributed by atoms with Gasteiger partial charge in [0.15, 0.2) is 0 Å². The first-order valence-corrected chi connectivity index (χ1v) is 6.87. The predicted molar refractivity (Wildman–Crippen MR) is 67.0 cm³/mol. The second kappa shape index (κ2) is 12.0. The first-order valence-electron chi connectivity index (χ1n) is 6.87. The van der Waals surface area contributed by atoms with Crippen molar-refractivity contribution in [2.45, 2.75) is 78.1 Å². The molecule has 0 fully saturated rings. The summed E-state index contributed by atoms with van der Waals surface area (Å²) < 4.78 is 11.8. The van der Waals surface area contributed by atoms with Gasteiger partial charge in [0.25, 0.3) is 0 Å². The zero-order valence-electron chi connectivity index (χ0n) is 10.7. The maximum Gasteiger partial charge on any atom is 0.0894 e. The Kier molecular flexibility index (Phi) is 11.9. The molecule has 0 aromatic carbocycles. The van der Waals surface area contributed by atoms with Crippen molar-refractivity contribution in [2.24, 2.45) is 5.92 Å². The molecule has 0 aromatic heterocycles. The maximum absolute atomic E-state index is 11.8. The molecule has 0 spiro atoms. The van der Waals surface area contributed by atoms with E-state index in [1.807, 2.05) is 0 Å². The van der Waals surface area contributed by atoms with Gasteiger partial charge in [0, 0.05) is 0 Å². The molecule has 0 heterocycles. The molecule has 0 N–H and O–H groups in total. The predicted octanol–water partition coefficient (Wildman–Crippen LogP) is 5.51. The molecule has 1 unspecified atom stereocenters. The number of alkyl halides is 1. The topological polar surface area (TPSA) is 0 Å². The molecule has 0 radical (unpaired) electrons. The molecule has 0 bridgehead atoms. The molecule has 0 aliphatic heterocycles. The lowest BCUT2D eigenvalue weighted by Crippen LogP contribution is -1.95. The average molecular weight is 216 g/mol. The number of hydrogen-bond acceptors (Lipinski definition) is 0. The van der Waals surface area contributed by atoms with Crippen molar-refractivity contribution < 1.29 is 4.39 Å². The summed E-state index contributed by atoms with van der Waals surface area (Å²) in [5.41, 5.74) is 0. The van der Waals surface area contributed by atoms with E-state index in [1.54, 1.807) is 0 Å². The number of unbranched alkanes of at least 4 members (excludes halogenated alkanes) is 6. The minimum atomic E-state index is -0.132. The van der Waals surface area contributed by atoms with Crippen LogP contribution in [0, 0.1) is 5.92 Å². The fourth-order valence-corrected chi connectivity index (χ4v) is 2.00. The van der Waals surface area contributed by atoms with Crippen LogP contribution in [0.3, 0.4) is 0 Å². The largest absolute Gasteiger partial charge is 0.251 e. The monoisotopic (exact) mass is 216 g/mol. The van der Waals surface area contributed by atoms with Crippen LogP contribution in [0.4, 0.5) is 4.39 Å². The van der Waals surface area contributed by atoms with E-state index in [2.05, 4.69) is 13.8 Å². The summed E-state index contributed by atoms with van der Waals surface area (Å²) in [4.78, 5) is 0. The van der Waals surface area contributed by atoms with Gasteiger partial charge in [0.2, 0.25) is 0 Å². The van der Waals surface area contributed by atoms with Crippen LogP contribution in [0.5, 0.6) is 0 Å². The second-order valence-corrected chi connectivity index (χ2v) is 4.85. The molecular weight excluding hydrogens is 187 g/mol. The third-order valence-electron chi connectivity index (χ3n) is 3.13. The third-order valence-corrected chi connectivity index (χ3v) is 3.13. The summed E-state index contributed by atoms with van der Waals surface area (Å²) in [6.07, 6.45) is 12.6. The van der Waals surface area contributed by atoms with E-state index < -0.39 is 0 Å². The van der Waals surface area contributed by atoms with E-state index in [9.17, 15) is 4.39 Å². The van der Waals surface area contributed by atoms with Crippen LogP contribution in [-0.4, -0.2) is 6.67 Å². The Bertz CT molecular complexity index is 112. The Balaban J connectivity index is 3.08. The Labute approximate surface area is 95.6 Å². The summed E-state index contributed by atoms with van der Waals surface area (Å²) in [5, 5.41) is 0. The van der Waals surface area contributed by atoms with Gasteiger partial charge in [-0.2, -0.15) is 0 Å². The lowest BCUT2D eigenvalue weighted by molar-refractivity contribution is 0.418. The molecule has 0 saturated heterocycles. The van der Waals surface area contributed by atoms with Crippen LogP contribution in [0.2, 0.25) is 0 Å². The summed E-state index contributed by atoms with van der Waals surface area (Å²) in [6, 6.07) is 0. The van der Waals surface area contributed by atoms with Gasteiger partial charge in [-0.25, -0.2) is 0 Å². The van der Waals surface area contributed by atoms with Crippen molar-refractivity contribution in [1.29, 1.82) is 0 Å². The van der Waals surface area contributed by atoms with Crippen LogP contribution >= 0.6 is 0 Å². The molecule has 1 heteroatoms. The molecule has 0 nitrogen and oxygen atoms in total. The van der Waals surface area contributed by atoms with Gasteiger partial charge in [0.05, 0.1) is 6.67 Å². The third kappa shape index (κ3) is 11.9. The van der Waals surface area contributed by atoms with E-state index in [1.165, 1.54) is 51.4 Å². The number of rotatable bonds is 11. The minimum absolute atomic E-state index is 0.132. The molecular formula is C14H29F. The lowest BCUT2D eigenvalue weighted by Gasteiger charge is -2.10. The standard InChI is InChI=1S/C14H29F/c1-3-4-5-8-11-14(2)12-9-6-7-10-13-15/h14H,3-13H2,1-2H3. The Morgan fingerprint density at radius 2 is 1.33 bits per heavy atom. The highest BCUT2D eigenvalue weighted by atomic mass is 19.1. The van der Waals surface area contributed by atoms with Gasteiger partial charge >= 0.3 is 0 Å². The van der Waals surface area contributed by atoms with Crippen molar-refractivity contribution in [3.8, 4) is 0 Å². The summed E-state index contributed by atoms with van der Waals surface area (Å²) >= 11 is 0. The van der Waals surface area contributed by atoms with E-state index in [0.717, 1.165) is 18.8 Å². The highest BCUT2D eigenvalue weighted by molar-refractivity contribution is 4.55. The quantitative estimate of drug-likeness (QED) is 0.399. The van der Waals surface area contributed by atoms with Crippen molar-refractivity contribution in [1.82, 2.24) is 0 Å². The van der Waals surface area contributed by atoms with Crippen LogP contribution in [0.1, 0.15) is 78.1 Å². The molecule has 0 aliphatic rings. The van der Waals surface area contributed by atoms with E-state index in [0.29, 0.717) is 0 Å². The van der Waals surface area contributed by atoms with E-state index in [-0.39, 0.29) is 6.67 Å². The SMILES string of the molecule is CCCCCCC(C)CCCCCCF. The number of halogens is 1. The Hall–Kier alpha value is -0.0700. The van der Waals surface area contributed by atoms with E-state index in [4.69, 9.17) is 0 Å². The summed E-state index contributed by atoms with van der Waals surface area (Å²) in [7, 11) is 0. The minimum Gasteiger partial charge on any atom is -0.251 e. The fraction of sp³-hybridized carbons (Fsp3) is 1.00. The van der Waals surface area contributed by atoms with Crippen LogP contribution in [-0.2, 0) is 0 Å². The lowest BCUT2D eigenvalue weighted by atomic mass is 9.96. The zero-order chi connectivity index (χ0) is 11.4. The molecule has 0 amide bonds. The highest BCUT2D eigenvalue weighted by Gasteiger charge is 2.01. The van der Waals surface area contributed by atoms with Gasteiger partial charge in [-0.3, -0.25) is 4.39 Å². The van der Waals surface area contributed by atoms with Gasteiger partial charge in [-0.05, 0) is 12.3 Å². The summed E-state index contributed by atoms with van der Waals surface area (Å²) in [6.45, 7) is 4.49. The molecule has 0 aliphatic carbocycles. The van der Waals surface area contributed by atoms with Crippen LogP contribution in [0.25, 0.3) is 0 Å².